The van der Waals surface area contributed by atoms with Crippen LogP contribution in [-0.2, 0) is 11.2 Å². The number of carboxylic acids is 1. The molecule has 0 aliphatic heterocycles. The van der Waals surface area contributed by atoms with Crippen molar-refractivity contribution in [3.63, 3.8) is 0 Å². The van der Waals surface area contributed by atoms with E-state index in [0.29, 0.717) is 18.4 Å². The second-order valence-electron chi connectivity index (χ2n) is 5.82. The third-order valence-electron chi connectivity index (χ3n) is 4.15. The van der Waals surface area contributed by atoms with Crippen LogP contribution in [0.1, 0.15) is 54.9 Å². The fourth-order valence-electron chi connectivity index (χ4n) is 2.81. The van der Waals surface area contributed by atoms with Crippen LogP contribution in [0.5, 0.6) is 0 Å². The van der Waals surface area contributed by atoms with Crippen molar-refractivity contribution in [2.75, 3.05) is 0 Å². The normalized spacial score (nSPS) is 21.2. The van der Waals surface area contributed by atoms with Gasteiger partial charge in [0.25, 0.3) is 5.91 Å². The van der Waals surface area contributed by atoms with Crippen LogP contribution in [0, 0.1) is 5.92 Å². The van der Waals surface area contributed by atoms with Gasteiger partial charge in [-0.15, -0.1) is 0 Å². The molecule has 1 aliphatic carbocycles. The number of carbonyl (C=O) groups is 2. The molecule has 1 fully saturated rings. The summed E-state index contributed by atoms with van der Waals surface area (Å²) < 4.78 is 0. The number of amides is 1. The maximum Gasteiger partial charge on any atom is 0.306 e. The molecule has 1 aromatic rings. The van der Waals surface area contributed by atoms with Gasteiger partial charge in [-0.3, -0.25) is 9.59 Å². The van der Waals surface area contributed by atoms with Gasteiger partial charge in [0.1, 0.15) is 0 Å². The Morgan fingerprint density at radius 2 is 1.95 bits per heavy atom. The molecule has 1 amide bonds. The number of carboxylic acid groups (broad SMARTS) is 1. The van der Waals surface area contributed by atoms with E-state index in [2.05, 4.69) is 12.2 Å². The van der Waals surface area contributed by atoms with Gasteiger partial charge in [0, 0.05) is 11.6 Å². The van der Waals surface area contributed by atoms with E-state index in [1.165, 1.54) is 5.56 Å². The second kappa shape index (κ2) is 7.25. The average Bonchev–Trinajstić information content (AvgIpc) is 2.94. The molecular formula is C17H23NO3. The number of nitrogens with one attached hydrogen (secondary N) is 1. The van der Waals surface area contributed by atoms with Crippen LogP contribution >= 0.6 is 0 Å². The van der Waals surface area contributed by atoms with Gasteiger partial charge < -0.3 is 10.4 Å². The lowest BCUT2D eigenvalue weighted by Gasteiger charge is -2.12. The Morgan fingerprint density at radius 3 is 2.52 bits per heavy atom. The highest BCUT2D eigenvalue weighted by atomic mass is 16.4. The topological polar surface area (TPSA) is 66.4 Å². The minimum absolute atomic E-state index is 0.0154. The van der Waals surface area contributed by atoms with Crippen LogP contribution < -0.4 is 5.32 Å². The summed E-state index contributed by atoms with van der Waals surface area (Å²) in [6, 6.07) is 7.69. The molecule has 21 heavy (non-hydrogen) atoms. The molecule has 114 valence electrons. The van der Waals surface area contributed by atoms with Crippen molar-refractivity contribution < 1.29 is 14.7 Å². The molecule has 1 aliphatic rings. The Kier molecular flexibility index (Phi) is 5.37. The lowest BCUT2D eigenvalue weighted by atomic mass is 10.1. The number of aliphatic carboxylic acids is 1. The van der Waals surface area contributed by atoms with Gasteiger partial charge in [0.2, 0.25) is 0 Å². The zero-order valence-electron chi connectivity index (χ0n) is 12.5. The molecule has 0 radical (unpaired) electrons. The van der Waals surface area contributed by atoms with E-state index in [0.717, 1.165) is 25.7 Å². The van der Waals surface area contributed by atoms with Crippen molar-refractivity contribution in [2.24, 2.45) is 5.92 Å². The van der Waals surface area contributed by atoms with E-state index in [4.69, 9.17) is 5.11 Å². The third kappa shape index (κ3) is 4.31. The lowest BCUT2D eigenvalue weighted by molar-refractivity contribution is -0.141. The van der Waals surface area contributed by atoms with Crippen molar-refractivity contribution in [3.8, 4) is 0 Å². The lowest BCUT2D eigenvalue weighted by Crippen LogP contribution is -2.33. The summed E-state index contributed by atoms with van der Waals surface area (Å²) in [7, 11) is 0. The molecule has 0 aromatic heterocycles. The first-order valence-electron chi connectivity index (χ1n) is 7.72. The SMILES string of the molecule is CCCCc1ccc(C(=O)NC2CCC(C(=O)O)C2)cc1. The summed E-state index contributed by atoms with van der Waals surface area (Å²) >= 11 is 0. The molecule has 0 spiro atoms. The first-order valence-corrected chi connectivity index (χ1v) is 7.72. The minimum Gasteiger partial charge on any atom is -0.481 e. The standard InChI is InChI=1S/C17H23NO3/c1-2-3-4-12-5-7-13(8-6-12)16(19)18-15-10-9-14(11-15)17(20)21/h5-8,14-15H,2-4,9-11H2,1H3,(H,18,19)(H,20,21). The van der Waals surface area contributed by atoms with E-state index >= 15 is 0 Å². The fraction of sp³-hybridized carbons (Fsp3) is 0.529. The Morgan fingerprint density at radius 1 is 1.24 bits per heavy atom. The Balaban J connectivity index is 1.87. The Labute approximate surface area is 125 Å². The summed E-state index contributed by atoms with van der Waals surface area (Å²) in [4.78, 5) is 23.1. The van der Waals surface area contributed by atoms with E-state index < -0.39 is 5.97 Å². The minimum atomic E-state index is -0.757. The summed E-state index contributed by atoms with van der Waals surface area (Å²) in [5, 5.41) is 11.9. The van der Waals surface area contributed by atoms with E-state index in [9.17, 15) is 9.59 Å². The summed E-state index contributed by atoms with van der Waals surface area (Å²) in [5.74, 6) is -1.17. The molecule has 1 aromatic carbocycles. The molecule has 4 nitrogen and oxygen atoms in total. The first kappa shape index (κ1) is 15.5. The Hall–Kier alpha value is -1.84. The number of hydrogen-bond acceptors (Lipinski definition) is 2. The first-order chi connectivity index (χ1) is 10.1. The molecule has 2 atom stereocenters. The molecule has 4 heteroatoms. The molecule has 2 N–H and O–H groups in total. The predicted octanol–water partition coefficient (Wildman–Crippen LogP) is 3.01. The van der Waals surface area contributed by atoms with Crippen LogP contribution in [0.3, 0.4) is 0 Å². The van der Waals surface area contributed by atoms with E-state index in [-0.39, 0.29) is 17.9 Å². The van der Waals surface area contributed by atoms with Gasteiger partial charge >= 0.3 is 5.97 Å². The van der Waals surface area contributed by atoms with E-state index in [1.807, 2.05) is 24.3 Å². The molecular weight excluding hydrogens is 266 g/mol. The Bertz CT molecular complexity index is 495. The molecule has 0 heterocycles. The van der Waals surface area contributed by atoms with Gasteiger partial charge in [0.15, 0.2) is 0 Å². The number of hydrogen-bond donors (Lipinski definition) is 2. The van der Waals surface area contributed by atoms with Gasteiger partial charge in [0.05, 0.1) is 5.92 Å². The van der Waals surface area contributed by atoms with Crippen molar-refractivity contribution >= 4 is 11.9 Å². The highest BCUT2D eigenvalue weighted by molar-refractivity contribution is 5.94. The van der Waals surface area contributed by atoms with Crippen molar-refractivity contribution in [3.05, 3.63) is 35.4 Å². The number of carbonyl (C=O) groups excluding carboxylic acids is 1. The second-order valence-corrected chi connectivity index (χ2v) is 5.82. The number of rotatable bonds is 6. The fourth-order valence-corrected chi connectivity index (χ4v) is 2.81. The summed E-state index contributed by atoms with van der Waals surface area (Å²) in [6.45, 7) is 2.16. The number of benzene rings is 1. The summed E-state index contributed by atoms with van der Waals surface area (Å²) in [6.07, 6.45) is 5.29. The molecule has 2 unspecified atom stereocenters. The smallest absolute Gasteiger partial charge is 0.306 e. The van der Waals surface area contributed by atoms with E-state index in [1.54, 1.807) is 0 Å². The third-order valence-corrected chi connectivity index (χ3v) is 4.15. The summed E-state index contributed by atoms with van der Waals surface area (Å²) in [5.41, 5.74) is 1.90. The van der Waals surface area contributed by atoms with Crippen LogP contribution in [0.25, 0.3) is 0 Å². The van der Waals surface area contributed by atoms with Gasteiger partial charge in [-0.2, -0.15) is 0 Å². The maximum absolute atomic E-state index is 12.1. The highest BCUT2D eigenvalue weighted by Gasteiger charge is 2.30. The van der Waals surface area contributed by atoms with Crippen LogP contribution in [-0.4, -0.2) is 23.0 Å². The zero-order chi connectivity index (χ0) is 15.2. The molecule has 0 bridgehead atoms. The molecule has 0 saturated heterocycles. The number of unbranched alkanes of at least 4 members (excludes halogenated alkanes) is 1. The van der Waals surface area contributed by atoms with Crippen LogP contribution in [0.2, 0.25) is 0 Å². The average molecular weight is 289 g/mol. The monoisotopic (exact) mass is 289 g/mol. The highest BCUT2D eigenvalue weighted by Crippen LogP contribution is 2.25. The van der Waals surface area contributed by atoms with Crippen molar-refractivity contribution in [2.45, 2.75) is 51.5 Å². The van der Waals surface area contributed by atoms with Crippen LogP contribution in [0.4, 0.5) is 0 Å². The quantitative estimate of drug-likeness (QED) is 0.846. The van der Waals surface area contributed by atoms with Gasteiger partial charge in [-0.1, -0.05) is 25.5 Å². The molecule has 1 saturated carbocycles. The van der Waals surface area contributed by atoms with Gasteiger partial charge in [-0.05, 0) is 49.8 Å². The van der Waals surface area contributed by atoms with Crippen molar-refractivity contribution in [1.29, 1.82) is 0 Å². The van der Waals surface area contributed by atoms with Crippen molar-refractivity contribution in [1.82, 2.24) is 5.32 Å². The van der Waals surface area contributed by atoms with Crippen LogP contribution in [0.15, 0.2) is 24.3 Å². The molecule has 2 rings (SSSR count). The predicted molar refractivity (Wildman–Crippen MR) is 81.3 cm³/mol. The number of aryl methyl sites for hydroxylation is 1. The largest absolute Gasteiger partial charge is 0.481 e. The zero-order valence-corrected chi connectivity index (χ0v) is 12.5. The maximum atomic E-state index is 12.1. The van der Waals surface area contributed by atoms with Gasteiger partial charge in [-0.25, -0.2) is 0 Å².